The Hall–Kier alpha value is -1.62. The van der Waals surface area contributed by atoms with E-state index < -0.39 is 0 Å². The minimum absolute atomic E-state index is 0.0103. The zero-order valence-corrected chi connectivity index (χ0v) is 11.9. The predicted molar refractivity (Wildman–Crippen MR) is 76.0 cm³/mol. The van der Waals surface area contributed by atoms with Crippen LogP contribution in [0.2, 0.25) is 0 Å². The summed E-state index contributed by atoms with van der Waals surface area (Å²) in [6.45, 7) is 8.79. The van der Waals surface area contributed by atoms with Gasteiger partial charge in [0, 0.05) is 44.8 Å². The van der Waals surface area contributed by atoms with E-state index in [1.54, 1.807) is 6.92 Å². The average Bonchev–Trinajstić information content (AvgIpc) is 2.38. The number of aromatic nitrogens is 1. The summed E-state index contributed by atoms with van der Waals surface area (Å²) >= 11 is 0. The van der Waals surface area contributed by atoms with Gasteiger partial charge in [0.15, 0.2) is 0 Å². The van der Waals surface area contributed by atoms with Gasteiger partial charge in [-0.25, -0.2) is 4.98 Å². The molecule has 5 heteroatoms. The Morgan fingerprint density at radius 3 is 2.42 bits per heavy atom. The lowest BCUT2D eigenvalue weighted by Gasteiger charge is -2.35. The van der Waals surface area contributed by atoms with Gasteiger partial charge < -0.3 is 15.5 Å². The first-order chi connectivity index (χ1) is 8.99. The quantitative estimate of drug-likeness (QED) is 0.866. The van der Waals surface area contributed by atoms with E-state index in [9.17, 15) is 4.79 Å². The van der Waals surface area contributed by atoms with Crippen molar-refractivity contribution < 1.29 is 4.79 Å². The maximum absolute atomic E-state index is 11.3. The molecule has 5 nitrogen and oxygen atoms in total. The first-order valence-electron chi connectivity index (χ1n) is 6.72. The van der Waals surface area contributed by atoms with Crippen LogP contribution in [0.25, 0.3) is 0 Å². The van der Waals surface area contributed by atoms with Crippen molar-refractivity contribution in [2.45, 2.75) is 26.8 Å². The van der Waals surface area contributed by atoms with Gasteiger partial charge in [-0.3, -0.25) is 4.79 Å². The molecule has 1 aromatic rings. The highest BCUT2D eigenvalue weighted by molar-refractivity contribution is 5.73. The maximum Gasteiger partial charge on any atom is 0.219 e. The second kappa shape index (κ2) is 5.57. The molecule has 104 valence electrons. The van der Waals surface area contributed by atoms with Crippen LogP contribution >= 0.6 is 0 Å². The molecule has 0 saturated carbocycles. The number of piperazine rings is 1. The molecule has 2 heterocycles. The lowest BCUT2D eigenvalue weighted by molar-refractivity contribution is -0.129. The van der Waals surface area contributed by atoms with Gasteiger partial charge in [0.2, 0.25) is 5.91 Å². The van der Waals surface area contributed by atoms with E-state index in [1.165, 1.54) is 0 Å². The Bertz CT molecular complexity index is 465. The van der Waals surface area contributed by atoms with E-state index in [0.29, 0.717) is 0 Å². The van der Waals surface area contributed by atoms with E-state index in [2.05, 4.69) is 16.0 Å². The summed E-state index contributed by atoms with van der Waals surface area (Å²) in [5.74, 6) is 1.13. The Balaban J connectivity index is 2.08. The van der Waals surface area contributed by atoms with Crippen LogP contribution in [0.1, 0.15) is 31.1 Å². The minimum Gasteiger partial charge on any atom is -0.353 e. The lowest BCUT2D eigenvalue weighted by atomic mass is 10.1. The summed E-state index contributed by atoms with van der Waals surface area (Å²) in [4.78, 5) is 20.0. The molecule has 1 fully saturated rings. The van der Waals surface area contributed by atoms with Crippen LogP contribution in [0, 0.1) is 6.92 Å². The van der Waals surface area contributed by atoms with E-state index in [0.717, 1.165) is 43.3 Å². The molecule has 0 spiro atoms. The van der Waals surface area contributed by atoms with Crippen molar-refractivity contribution in [2.24, 2.45) is 5.73 Å². The number of rotatable bonds is 2. The maximum atomic E-state index is 11.3. The highest BCUT2D eigenvalue weighted by Crippen LogP contribution is 2.19. The fourth-order valence-electron chi connectivity index (χ4n) is 2.47. The number of hydrogen-bond donors (Lipinski definition) is 1. The van der Waals surface area contributed by atoms with Gasteiger partial charge in [-0.15, -0.1) is 0 Å². The molecule has 2 rings (SSSR count). The van der Waals surface area contributed by atoms with Crippen molar-refractivity contribution in [1.82, 2.24) is 9.88 Å². The Labute approximate surface area is 114 Å². The molecule has 1 atom stereocenters. The molecule has 19 heavy (non-hydrogen) atoms. The number of anilines is 1. The van der Waals surface area contributed by atoms with Gasteiger partial charge >= 0.3 is 0 Å². The fraction of sp³-hybridized carbons (Fsp3) is 0.571. The number of nitrogens with zero attached hydrogens (tertiary/aromatic N) is 3. The second-order valence-electron chi connectivity index (χ2n) is 5.13. The molecule has 0 aromatic carbocycles. The number of pyridine rings is 1. The molecule has 1 aliphatic heterocycles. The number of nitrogens with two attached hydrogens (primary N) is 1. The zero-order chi connectivity index (χ0) is 14.0. The first kappa shape index (κ1) is 13.8. The van der Waals surface area contributed by atoms with E-state index in [1.807, 2.05) is 24.8 Å². The second-order valence-corrected chi connectivity index (χ2v) is 5.13. The van der Waals surface area contributed by atoms with Crippen molar-refractivity contribution in [2.75, 3.05) is 31.1 Å². The van der Waals surface area contributed by atoms with Gasteiger partial charge in [0.1, 0.15) is 5.82 Å². The summed E-state index contributed by atoms with van der Waals surface area (Å²) in [6.07, 6.45) is 0. The van der Waals surface area contributed by atoms with Crippen molar-refractivity contribution in [1.29, 1.82) is 0 Å². The topological polar surface area (TPSA) is 62.5 Å². The monoisotopic (exact) mass is 262 g/mol. The summed E-state index contributed by atoms with van der Waals surface area (Å²) < 4.78 is 0. The molecule has 0 bridgehead atoms. The summed E-state index contributed by atoms with van der Waals surface area (Å²) in [5, 5.41) is 0. The van der Waals surface area contributed by atoms with Crippen molar-refractivity contribution in [3.63, 3.8) is 0 Å². The van der Waals surface area contributed by atoms with Crippen LogP contribution in [0.3, 0.4) is 0 Å². The molecular weight excluding hydrogens is 240 g/mol. The molecule has 1 amide bonds. The number of carbonyl (C=O) groups excluding carboxylic acids is 1. The number of hydrogen-bond acceptors (Lipinski definition) is 4. The van der Waals surface area contributed by atoms with E-state index >= 15 is 0 Å². The number of amides is 1. The van der Waals surface area contributed by atoms with Crippen LogP contribution in [0.5, 0.6) is 0 Å². The SMILES string of the molecule is CC(=O)N1CCN(c2ccc(C(C)N)c(C)n2)CC1. The summed E-state index contributed by atoms with van der Waals surface area (Å²) in [7, 11) is 0. The van der Waals surface area contributed by atoms with Gasteiger partial charge in [0.05, 0.1) is 0 Å². The van der Waals surface area contributed by atoms with Gasteiger partial charge in [-0.2, -0.15) is 0 Å². The smallest absolute Gasteiger partial charge is 0.219 e. The van der Waals surface area contributed by atoms with Crippen LogP contribution in [-0.4, -0.2) is 42.0 Å². The van der Waals surface area contributed by atoms with Crippen LogP contribution in [0.15, 0.2) is 12.1 Å². The van der Waals surface area contributed by atoms with Crippen molar-refractivity contribution in [3.8, 4) is 0 Å². The molecular formula is C14H22N4O. The van der Waals surface area contributed by atoms with Gasteiger partial charge in [0.25, 0.3) is 0 Å². The van der Waals surface area contributed by atoms with Gasteiger partial charge in [-0.1, -0.05) is 6.07 Å². The Morgan fingerprint density at radius 1 is 1.32 bits per heavy atom. The highest BCUT2D eigenvalue weighted by atomic mass is 16.2. The Kier molecular flexibility index (Phi) is 4.04. The molecule has 1 aromatic heterocycles. The summed E-state index contributed by atoms with van der Waals surface area (Å²) in [5.41, 5.74) is 7.97. The van der Waals surface area contributed by atoms with Crippen LogP contribution < -0.4 is 10.6 Å². The Morgan fingerprint density at radius 2 is 1.95 bits per heavy atom. The normalized spacial score (nSPS) is 17.5. The molecule has 0 radical (unpaired) electrons. The molecule has 0 aliphatic carbocycles. The minimum atomic E-state index is 0.0103. The van der Waals surface area contributed by atoms with Crippen LogP contribution in [0.4, 0.5) is 5.82 Å². The first-order valence-corrected chi connectivity index (χ1v) is 6.72. The third kappa shape index (κ3) is 3.04. The van der Waals surface area contributed by atoms with Crippen LogP contribution in [-0.2, 0) is 4.79 Å². The number of carbonyl (C=O) groups is 1. The third-order valence-electron chi connectivity index (χ3n) is 3.65. The third-order valence-corrected chi connectivity index (χ3v) is 3.65. The van der Waals surface area contributed by atoms with E-state index in [-0.39, 0.29) is 11.9 Å². The average molecular weight is 262 g/mol. The van der Waals surface area contributed by atoms with Crippen molar-refractivity contribution in [3.05, 3.63) is 23.4 Å². The summed E-state index contributed by atoms with van der Waals surface area (Å²) in [6, 6.07) is 4.09. The number of aryl methyl sites for hydroxylation is 1. The fourth-order valence-corrected chi connectivity index (χ4v) is 2.47. The molecule has 1 aliphatic rings. The largest absolute Gasteiger partial charge is 0.353 e. The van der Waals surface area contributed by atoms with Gasteiger partial charge in [-0.05, 0) is 25.5 Å². The highest BCUT2D eigenvalue weighted by Gasteiger charge is 2.20. The zero-order valence-electron chi connectivity index (χ0n) is 11.9. The van der Waals surface area contributed by atoms with E-state index in [4.69, 9.17) is 5.73 Å². The molecule has 1 saturated heterocycles. The van der Waals surface area contributed by atoms with Crippen molar-refractivity contribution >= 4 is 11.7 Å². The lowest BCUT2D eigenvalue weighted by Crippen LogP contribution is -2.48. The molecule has 1 unspecified atom stereocenters. The molecule has 2 N–H and O–H groups in total. The predicted octanol–water partition coefficient (Wildman–Crippen LogP) is 1.08. The standard InChI is InChI=1S/C14H22N4O/c1-10(15)13-4-5-14(16-11(13)2)18-8-6-17(7-9-18)12(3)19/h4-5,10H,6-9,15H2,1-3H3.